The number of phosphoric acid groups is 1. The summed E-state index contributed by atoms with van der Waals surface area (Å²) in [6.45, 7) is 0. The van der Waals surface area contributed by atoms with Crippen molar-refractivity contribution in [1.82, 2.24) is 0 Å². The first kappa shape index (κ1) is 15.7. The van der Waals surface area contributed by atoms with Crippen molar-refractivity contribution in [2.45, 2.75) is 0 Å². The van der Waals surface area contributed by atoms with Gasteiger partial charge in [-0.2, -0.15) is 0 Å². The minimum atomic E-state index is -5.14. The van der Waals surface area contributed by atoms with Crippen molar-refractivity contribution in [3.05, 3.63) is 0 Å². The second-order valence-corrected chi connectivity index (χ2v) is 1.41. The predicted octanol–water partition coefficient (Wildman–Crippen LogP) is -2.20. The molecule has 0 saturated carbocycles. The van der Waals surface area contributed by atoms with Gasteiger partial charge in [-0.05, 0) is 0 Å². The quantitative estimate of drug-likeness (QED) is 0.360. The van der Waals surface area contributed by atoms with E-state index in [9.17, 15) is 0 Å². The van der Waals surface area contributed by atoms with E-state index in [4.69, 9.17) is 19.2 Å². The molecular weight excluding hydrogens is 206 g/mol. The molecule has 0 spiro atoms. The Kier molecular flexibility index (Phi) is 11.9. The van der Waals surface area contributed by atoms with Gasteiger partial charge in [0.2, 0.25) is 0 Å². The summed E-state index contributed by atoms with van der Waals surface area (Å²) in [5.41, 5.74) is 0. The minimum absolute atomic E-state index is 0. The molecule has 0 aromatic carbocycles. The van der Waals surface area contributed by atoms with Gasteiger partial charge in [0.15, 0.2) is 0 Å². The predicted molar refractivity (Wildman–Crippen MR) is 9.83 cm³/mol. The molecule has 0 rings (SSSR count). The molecule has 0 saturated heterocycles. The Bertz CT molecular complexity index is 57.8. The summed E-state index contributed by atoms with van der Waals surface area (Å²) in [5.74, 6) is 0. The monoisotopic (exact) mass is 207 g/mol. The molecule has 0 heterocycles. The molecule has 0 aromatic rings. The first-order valence-corrected chi connectivity index (χ1v) is 2.24. The summed E-state index contributed by atoms with van der Waals surface area (Å²) < 4.78 is 8.66. The van der Waals surface area contributed by atoms with E-state index in [0.29, 0.717) is 0 Å². The average Bonchev–Trinajstić information content (AvgIpc) is 0.722. The van der Waals surface area contributed by atoms with Crippen molar-refractivity contribution in [3.8, 4) is 0 Å². The van der Waals surface area contributed by atoms with E-state index >= 15 is 0 Å². The Morgan fingerprint density at radius 3 is 1.43 bits per heavy atom. The van der Waals surface area contributed by atoms with Gasteiger partial charge in [0, 0.05) is 0 Å². The van der Waals surface area contributed by atoms with Crippen LogP contribution in [0.4, 0.5) is 0 Å². The van der Waals surface area contributed by atoms with Gasteiger partial charge >= 0.3 is 34.1 Å². The standard InChI is InChI=1S/Fe.Mn.H3O4P/c;;1-5(2,3)4/h;;(H3,1,2,3,4)/q2*+2;/p-2. The van der Waals surface area contributed by atoms with Gasteiger partial charge in [0.05, 0.1) is 7.82 Å². The van der Waals surface area contributed by atoms with Gasteiger partial charge in [-0.3, -0.25) is 0 Å². The molecular formula is HFeMnO4P+2. The van der Waals surface area contributed by atoms with Crippen LogP contribution in [0, 0.1) is 0 Å². The summed E-state index contributed by atoms with van der Waals surface area (Å²) in [6.07, 6.45) is 0. The fourth-order valence-corrected chi connectivity index (χ4v) is 0. The van der Waals surface area contributed by atoms with Crippen LogP contribution in [-0.2, 0) is 38.7 Å². The van der Waals surface area contributed by atoms with Gasteiger partial charge in [-0.1, -0.05) is 0 Å². The molecule has 0 unspecified atom stereocenters. The third-order valence-electron chi connectivity index (χ3n) is 0. The van der Waals surface area contributed by atoms with Gasteiger partial charge < -0.3 is 19.2 Å². The molecule has 1 N–H and O–H groups in total. The number of rotatable bonds is 0. The van der Waals surface area contributed by atoms with E-state index in [1.54, 1.807) is 0 Å². The zero-order valence-corrected chi connectivity index (χ0v) is 6.03. The molecule has 7 heteroatoms. The van der Waals surface area contributed by atoms with Crippen LogP contribution >= 0.6 is 7.82 Å². The van der Waals surface area contributed by atoms with Crippen LogP contribution in [0.1, 0.15) is 0 Å². The van der Waals surface area contributed by atoms with Gasteiger partial charge in [0.1, 0.15) is 0 Å². The average molecular weight is 207 g/mol. The van der Waals surface area contributed by atoms with E-state index in [1.807, 2.05) is 0 Å². The Hall–Kier alpha value is 1.15. The Morgan fingerprint density at radius 2 is 1.43 bits per heavy atom. The smallest absolute Gasteiger partial charge is 0.790 e. The molecule has 7 heavy (non-hydrogen) atoms. The molecule has 0 atom stereocenters. The van der Waals surface area contributed by atoms with Crippen molar-refractivity contribution < 1.29 is 53.4 Å². The Balaban J connectivity index is -0.0000000800. The molecule has 1 radical (unpaired) electrons. The van der Waals surface area contributed by atoms with Crippen molar-refractivity contribution in [1.29, 1.82) is 0 Å². The molecule has 0 aliphatic rings. The molecule has 0 aromatic heterocycles. The van der Waals surface area contributed by atoms with E-state index in [2.05, 4.69) is 0 Å². The summed E-state index contributed by atoms with van der Waals surface area (Å²) in [4.78, 5) is 24.3. The maximum atomic E-state index is 8.66. The van der Waals surface area contributed by atoms with Crippen LogP contribution in [0.3, 0.4) is 0 Å². The molecule has 0 aliphatic heterocycles. The topological polar surface area (TPSA) is 83.4 Å². The van der Waals surface area contributed by atoms with Crippen molar-refractivity contribution in [3.63, 3.8) is 0 Å². The molecule has 0 fully saturated rings. The Morgan fingerprint density at radius 1 is 1.43 bits per heavy atom. The summed E-state index contributed by atoms with van der Waals surface area (Å²) in [5, 5.41) is 0. The zero-order chi connectivity index (χ0) is 4.50. The minimum Gasteiger partial charge on any atom is -0.790 e. The second-order valence-electron chi connectivity index (χ2n) is 0.469. The van der Waals surface area contributed by atoms with Gasteiger partial charge in [-0.15, -0.1) is 0 Å². The van der Waals surface area contributed by atoms with Crippen molar-refractivity contribution in [2.75, 3.05) is 0 Å². The normalized spacial score (nSPS) is 8.43. The number of hydrogen-bond donors (Lipinski definition) is 1. The Labute approximate surface area is 61.5 Å². The molecule has 0 amide bonds. The van der Waals surface area contributed by atoms with E-state index in [0.717, 1.165) is 0 Å². The van der Waals surface area contributed by atoms with Crippen LogP contribution in [0.25, 0.3) is 0 Å². The number of hydrogen-bond acceptors (Lipinski definition) is 3. The van der Waals surface area contributed by atoms with E-state index in [1.165, 1.54) is 0 Å². The maximum Gasteiger partial charge on any atom is 2.00 e. The fourth-order valence-electron chi connectivity index (χ4n) is 0. The van der Waals surface area contributed by atoms with Crippen LogP contribution < -0.4 is 9.79 Å². The molecule has 4 nitrogen and oxygen atoms in total. The first-order valence-electron chi connectivity index (χ1n) is 0.748. The maximum absolute atomic E-state index is 8.66. The van der Waals surface area contributed by atoms with Crippen LogP contribution in [-0.4, -0.2) is 4.89 Å². The largest absolute Gasteiger partial charge is 2.00 e. The summed E-state index contributed by atoms with van der Waals surface area (Å²) in [6, 6.07) is 0. The summed E-state index contributed by atoms with van der Waals surface area (Å²) in [7, 11) is -5.14. The molecule has 0 bridgehead atoms. The van der Waals surface area contributed by atoms with Crippen LogP contribution in [0.2, 0.25) is 0 Å². The SMILES string of the molecule is O=P([O-])([O-])O.[Fe+2].[Mn+2]. The van der Waals surface area contributed by atoms with Crippen molar-refractivity contribution in [2.24, 2.45) is 0 Å². The second kappa shape index (κ2) is 5.29. The van der Waals surface area contributed by atoms with Gasteiger partial charge in [0.25, 0.3) is 0 Å². The zero-order valence-electron chi connectivity index (χ0n) is 2.85. The third-order valence-corrected chi connectivity index (χ3v) is 0. The first-order chi connectivity index (χ1) is 2.00. The summed E-state index contributed by atoms with van der Waals surface area (Å²) >= 11 is 0. The van der Waals surface area contributed by atoms with E-state index in [-0.39, 0.29) is 34.1 Å². The molecule has 43 valence electrons. The van der Waals surface area contributed by atoms with Crippen LogP contribution in [0.5, 0.6) is 0 Å². The van der Waals surface area contributed by atoms with E-state index < -0.39 is 7.82 Å². The fraction of sp³-hybridized carbons (Fsp3) is 0. The van der Waals surface area contributed by atoms with Crippen LogP contribution in [0.15, 0.2) is 0 Å². The third kappa shape index (κ3) is 144. The van der Waals surface area contributed by atoms with Crippen molar-refractivity contribution >= 4 is 7.82 Å². The molecule has 0 aliphatic carbocycles. The van der Waals surface area contributed by atoms with Gasteiger partial charge in [-0.25, -0.2) is 0 Å².